The average Bonchev–Trinajstić information content (AvgIpc) is 2.59. The van der Waals surface area contributed by atoms with Crippen LogP contribution in [0.3, 0.4) is 0 Å². The quantitative estimate of drug-likeness (QED) is 0.828. The first-order chi connectivity index (χ1) is 9.20. The minimum absolute atomic E-state index is 0.254. The van der Waals surface area contributed by atoms with Crippen molar-refractivity contribution < 1.29 is 4.79 Å². The molecule has 0 aliphatic carbocycles. The molecule has 1 unspecified atom stereocenters. The molecule has 2 rings (SSSR count). The van der Waals surface area contributed by atoms with Gasteiger partial charge in [0.1, 0.15) is 0 Å². The van der Waals surface area contributed by atoms with E-state index >= 15 is 0 Å². The number of nitrogens with zero attached hydrogens (tertiary/aromatic N) is 1. The molecule has 19 heavy (non-hydrogen) atoms. The van der Waals surface area contributed by atoms with Crippen molar-refractivity contribution in [2.24, 2.45) is 5.73 Å². The summed E-state index contributed by atoms with van der Waals surface area (Å²) in [5.74, 6) is -0.264. The molecule has 0 aromatic heterocycles. The van der Waals surface area contributed by atoms with E-state index in [1.54, 1.807) is 0 Å². The highest BCUT2D eigenvalue weighted by molar-refractivity contribution is 5.80. The smallest absolute Gasteiger partial charge is 0.235 e. The van der Waals surface area contributed by atoms with Crippen LogP contribution in [0.1, 0.15) is 24.5 Å². The number of nitrogens with one attached hydrogen (secondary N) is 1. The number of carbonyl (C=O) groups excluding carboxylic acids is 1. The van der Waals surface area contributed by atoms with Crippen molar-refractivity contribution >= 4 is 5.91 Å². The van der Waals surface area contributed by atoms with Crippen LogP contribution < -0.4 is 11.1 Å². The zero-order valence-corrected chi connectivity index (χ0v) is 11.6. The topological polar surface area (TPSA) is 58.4 Å². The van der Waals surface area contributed by atoms with Crippen molar-refractivity contribution in [3.63, 3.8) is 0 Å². The predicted octanol–water partition coefficient (Wildman–Crippen LogP) is 0.898. The van der Waals surface area contributed by atoms with Crippen molar-refractivity contribution in [1.29, 1.82) is 0 Å². The van der Waals surface area contributed by atoms with Gasteiger partial charge in [-0.3, -0.25) is 9.69 Å². The molecule has 1 aromatic carbocycles. The third-order valence-electron chi connectivity index (χ3n) is 3.67. The number of amides is 1. The SMILES string of the molecule is CCNC(CN1CCCc2ccccc2C1)C(N)=O. The summed E-state index contributed by atoms with van der Waals surface area (Å²) in [5, 5.41) is 3.16. The number of aryl methyl sites for hydroxylation is 1. The van der Waals surface area contributed by atoms with E-state index in [1.165, 1.54) is 11.1 Å². The van der Waals surface area contributed by atoms with Crippen LogP contribution in [0, 0.1) is 0 Å². The van der Waals surface area contributed by atoms with Gasteiger partial charge in [-0.2, -0.15) is 0 Å². The Labute approximate surface area is 115 Å². The second kappa shape index (κ2) is 6.68. The van der Waals surface area contributed by atoms with Crippen LogP contribution >= 0.6 is 0 Å². The Balaban J connectivity index is 2.03. The highest BCUT2D eigenvalue weighted by atomic mass is 16.1. The third kappa shape index (κ3) is 3.78. The monoisotopic (exact) mass is 261 g/mol. The van der Waals surface area contributed by atoms with Crippen molar-refractivity contribution in [3.8, 4) is 0 Å². The maximum absolute atomic E-state index is 11.4. The van der Waals surface area contributed by atoms with E-state index in [-0.39, 0.29) is 11.9 Å². The van der Waals surface area contributed by atoms with Crippen molar-refractivity contribution in [1.82, 2.24) is 10.2 Å². The van der Waals surface area contributed by atoms with Crippen LogP contribution in [-0.4, -0.2) is 36.5 Å². The van der Waals surface area contributed by atoms with Crippen LogP contribution in [0.5, 0.6) is 0 Å². The maximum Gasteiger partial charge on any atom is 0.235 e. The lowest BCUT2D eigenvalue weighted by Crippen LogP contribution is -2.49. The number of rotatable bonds is 5. The Hall–Kier alpha value is -1.39. The molecule has 0 spiro atoms. The van der Waals surface area contributed by atoms with E-state index in [2.05, 4.69) is 34.5 Å². The molecule has 1 amide bonds. The third-order valence-corrected chi connectivity index (χ3v) is 3.67. The van der Waals surface area contributed by atoms with Crippen molar-refractivity contribution in [2.75, 3.05) is 19.6 Å². The van der Waals surface area contributed by atoms with Gasteiger partial charge < -0.3 is 11.1 Å². The Kier molecular flexibility index (Phi) is 4.93. The van der Waals surface area contributed by atoms with Crippen LogP contribution in [0.2, 0.25) is 0 Å². The molecule has 1 aliphatic rings. The standard InChI is InChI=1S/C15H23N3O/c1-2-17-14(15(16)19)11-18-9-5-8-12-6-3-4-7-13(12)10-18/h3-4,6-7,14,17H,2,5,8-11H2,1H3,(H2,16,19). The number of hydrogen-bond donors (Lipinski definition) is 2. The molecule has 0 radical (unpaired) electrons. The molecule has 1 aromatic rings. The van der Waals surface area contributed by atoms with Crippen LogP contribution in [0.15, 0.2) is 24.3 Å². The van der Waals surface area contributed by atoms with E-state index < -0.39 is 0 Å². The number of nitrogens with two attached hydrogens (primary N) is 1. The molecule has 0 saturated carbocycles. The van der Waals surface area contributed by atoms with Gasteiger partial charge in [0.25, 0.3) is 0 Å². The van der Waals surface area contributed by atoms with Crippen LogP contribution in [0.25, 0.3) is 0 Å². The van der Waals surface area contributed by atoms with Gasteiger partial charge in [-0.1, -0.05) is 31.2 Å². The molecule has 0 fully saturated rings. The summed E-state index contributed by atoms with van der Waals surface area (Å²) >= 11 is 0. The number of carbonyl (C=O) groups is 1. The van der Waals surface area contributed by atoms with Crippen molar-refractivity contribution in [3.05, 3.63) is 35.4 Å². The van der Waals surface area contributed by atoms with Gasteiger partial charge in [0, 0.05) is 13.1 Å². The lowest BCUT2D eigenvalue weighted by atomic mass is 10.0. The first-order valence-corrected chi connectivity index (χ1v) is 7.02. The van der Waals surface area contributed by atoms with Crippen LogP contribution in [0.4, 0.5) is 0 Å². The Bertz CT molecular complexity index is 433. The largest absolute Gasteiger partial charge is 0.368 e. The van der Waals surface area contributed by atoms with E-state index in [1.807, 2.05) is 6.92 Å². The summed E-state index contributed by atoms with van der Waals surface area (Å²) in [4.78, 5) is 13.8. The predicted molar refractivity (Wildman–Crippen MR) is 76.7 cm³/mol. The fourth-order valence-corrected chi connectivity index (χ4v) is 2.68. The highest BCUT2D eigenvalue weighted by Gasteiger charge is 2.20. The summed E-state index contributed by atoms with van der Waals surface area (Å²) in [6.45, 7) is 5.37. The van der Waals surface area contributed by atoms with Crippen molar-refractivity contribution in [2.45, 2.75) is 32.4 Å². The van der Waals surface area contributed by atoms with E-state index in [0.717, 1.165) is 32.5 Å². The molecule has 104 valence electrons. The van der Waals surface area contributed by atoms with Gasteiger partial charge in [0.2, 0.25) is 5.91 Å². The molecule has 3 N–H and O–H groups in total. The second-order valence-electron chi connectivity index (χ2n) is 5.12. The Morgan fingerprint density at radius 2 is 2.16 bits per heavy atom. The fraction of sp³-hybridized carbons (Fsp3) is 0.533. The average molecular weight is 261 g/mol. The van der Waals surface area contributed by atoms with Gasteiger partial charge in [0.05, 0.1) is 6.04 Å². The molecular weight excluding hydrogens is 238 g/mol. The molecular formula is C15H23N3O. The van der Waals surface area contributed by atoms with E-state index in [9.17, 15) is 4.79 Å². The minimum atomic E-state index is -0.264. The van der Waals surface area contributed by atoms with Crippen LogP contribution in [-0.2, 0) is 17.8 Å². The molecule has 1 heterocycles. The fourth-order valence-electron chi connectivity index (χ4n) is 2.68. The summed E-state index contributed by atoms with van der Waals surface area (Å²) < 4.78 is 0. The van der Waals surface area contributed by atoms with E-state index in [0.29, 0.717) is 6.54 Å². The summed E-state index contributed by atoms with van der Waals surface area (Å²) in [7, 11) is 0. The molecule has 4 nitrogen and oxygen atoms in total. The summed E-state index contributed by atoms with van der Waals surface area (Å²) in [5.41, 5.74) is 8.25. The number of likely N-dealkylation sites (N-methyl/N-ethyl adjacent to an activating group) is 1. The van der Waals surface area contributed by atoms with Gasteiger partial charge in [0.15, 0.2) is 0 Å². The zero-order valence-electron chi connectivity index (χ0n) is 11.6. The zero-order chi connectivity index (χ0) is 13.7. The lowest BCUT2D eigenvalue weighted by molar-refractivity contribution is -0.120. The first-order valence-electron chi connectivity index (χ1n) is 7.02. The molecule has 1 aliphatic heterocycles. The molecule has 0 saturated heterocycles. The molecule has 1 atom stereocenters. The summed E-state index contributed by atoms with van der Waals surface area (Å²) in [6.07, 6.45) is 2.25. The Morgan fingerprint density at radius 3 is 2.84 bits per heavy atom. The number of primary amides is 1. The number of hydrogen-bond acceptors (Lipinski definition) is 3. The van der Waals surface area contributed by atoms with Gasteiger partial charge >= 0.3 is 0 Å². The maximum atomic E-state index is 11.4. The minimum Gasteiger partial charge on any atom is -0.368 e. The first kappa shape index (κ1) is 14.0. The normalized spacial score (nSPS) is 17.5. The second-order valence-corrected chi connectivity index (χ2v) is 5.12. The van der Waals surface area contributed by atoms with Gasteiger partial charge in [-0.25, -0.2) is 0 Å². The Morgan fingerprint density at radius 1 is 1.42 bits per heavy atom. The number of benzene rings is 1. The summed E-state index contributed by atoms with van der Waals surface area (Å²) in [6, 6.07) is 8.31. The highest BCUT2D eigenvalue weighted by Crippen LogP contribution is 2.18. The lowest BCUT2D eigenvalue weighted by Gasteiger charge is -2.25. The molecule has 4 heteroatoms. The molecule has 0 bridgehead atoms. The van der Waals surface area contributed by atoms with E-state index in [4.69, 9.17) is 5.73 Å². The van der Waals surface area contributed by atoms with Gasteiger partial charge in [-0.05, 0) is 37.1 Å². The number of fused-ring (bicyclic) bond motifs is 1. The van der Waals surface area contributed by atoms with Gasteiger partial charge in [-0.15, -0.1) is 0 Å².